The van der Waals surface area contributed by atoms with Gasteiger partial charge in [-0.25, -0.2) is 8.42 Å². The van der Waals surface area contributed by atoms with Crippen molar-refractivity contribution >= 4 is 15.7 Å². The molecule has 0 aliphatic carbocycles. The van der Waals surface area contributed by atoms with Crippen molar-refractivity contribution in [2.24, 2.45) is 5.73 Å². The summed E-state index contributed by atoms with van der Waals surface area (Å²) in [4.78, 5) is 0.176. The molecule has 0 unspecified atom stereocenters. The van der Waals surface area contributed by atoms with E-state index in [1.807, 2.05) is 32.0 Å². The van der Waals surface area contributed by atoms with Gasteiger partial charge in [0.25, 0.3) is 10.0 Å². The van der Waals surface area contributed by atoms with Crippen molar-refractivity contribution in [3.05, 3.63) is 41.2 Å². The minimum absolute atomic E-state index is 0.0736. The third-order valence-electron chi connectivity index (χ3n) is 3.37. The molecule has 2 aromatic rings. The summed E-state index contributed by atoms with van der Waals surface area (Å²) in [5.41, 5.74) is 8.04. The summed E-state index contributed by atoms with van der Waals surface area (Å²) in [7, 11) is -3.70. The zero-order valence-electron chi connectivity index (χ0n) is 12.4. The van der Waals surface area contributed by atoms with Crippen molar-refractivity contribution in [1.29, 1.82) is 0 Å². The average molecular weight is 308 g/mol. The molecule has 1 heterocycles. The minimum atomic E-state index is -3.70. The predicted octanol–water partition coefficient (Wildman–Crippen LogP) is 1.70. The van der Waals surface area contributed by atoms with Crippen molar-refractivity contribution in [3.63, 3.8) is 0 Å². The number of hydrogen-bond donors (Lipinski definition) is 2. The Morgan fingerprint density at radius 2 is 1.95 bits per heavy atom. The summed E-state index contributed by atoms with van der Waals surface area (Å²) in [5, 5.41) is 6.68. The van der Waals surface area contributed by atoms with Crippen LogP contribution in [-0.2, 0) is 16.6 Å². The van der Waals surface area contributed by atoms with Crippen molar-refractivity contribution < 1.29 is 8.42 Å². The highest BCUT2D eigenvalue weighted by molar-refractivity contribution is 7.93. The van der Waals surface area contributed by atoms with Gasteiger partial charge in [-0.3, -0.25) is 9.40 Å². The number of benzene rings is 1. The van der Waals surface area contributed by atoms with E-state index in [4.69, 9.17) is 5.73 Å². The number of nitrogens with two attached hydrogens (primary N) is 1. The first-order valence-electron chi connectivity index (χ1n) is 6.75. The van der Waals surface area contributed by atoms with Gasteiger partial charge in [-0.1, -0.05) is 18.2 Å². The summed E-state index contributed by atoms with van der Waals surface area (Å²) in [6.07, 6.45) is 0. The molecule has 2 rings (SSSR count). The Balaban J connectivity index is 2.61. The van der Waals surface area contributed by atoms with E-state index >= 15 is 0 Å². The van der Waals surface area contributed by atoms with Crippen LogP contribution in [0.4, 0.5) is 5.69 Å². The fraction of sp³-hybridized carbons (Fsp3) is 0.357. The van der Waals surface area contributed by atoms with E-state index in [9.17, 15) is 8.42 Å². The van der Waals surface area contributed by atoms with Crippen molar-refractivity contribution in [3.8, 4) is 0 Å². The molecule has 21 heavy (non-hydrogen) atoms. The fourth-order valence-electron chi connectivity index (χ4n) is 2.37. The molecule has 0 saturated heterocycles. The highest BCUT2D eigenvalue weighted by atomic mass is 32.2. The molecule has 7 heteroatoms. The van der Waals surface area contributed by atoms with Crippen LogP contribution in [0.5, 0.6) is 0 Å². The van der Waals surface area contributed by atoms with Gasteiger partial charge in [0.05, 0.1) is 17.1 Å². The Kier molecular flexibility index (Phi) is 4.34. The molecule has 0 aliphatic heterocycles. The number of aromatic nitrogens is 2. The lowest BCUT2D eigenvalue weighted by molar-refractivity contribution is 0.590. The highest BCUT2D eigenvalue weighted by Gasteiger charge is 2.30. The molecule has 114 valence electrons. The van der Waals surface area contributed by atoms with E-state index in [1.54, 1.807) is 13.0 Å². The summed E-state index contributed by atoms with van der Waals surface area (Å²) >= 11 is 0. The number of nitrogens with one attached hydrogen (secondary N) is 1. The van der Waals surface area contributed by atoms with Crippen molar-refractivity contribution in [2.45, 2.75) is 32.2 Å². The van der Waals surface area contributed by atoms with Gasteiger partial charge in [0.15, 0.2) is 0 Å². The van der Waals surface area contributed by atoms with Crippen LogP contribution in [0.2, 0.25) is 0 Å². The van der Waals surface area contributed by atoms with Crippen LogP contribution < -0.4 is 10.0 Å². The second-order valence-corrected chi connectivity index (χ2v) is 6.58. The monoisotopic (exact) mass is 308 g/mol. The van der Waals surface area contributed by atoms with Gasteiger partial charge < -0.3 is 5.73 Å². The first-order valence-corrected chi connectivity index (χ1v) is 8.19. The standard InChI is InChI=1S/C14H20N4O2S/c1-4-18(13-8-6-5-7-10(13)2)21(19,20)14-11(3)16-17-12(14)9-15/h5-8H,4,9,15H2,1-3H3,(H,16,17). The molecular weight excluding hydrogens is 288 g/mol. The first kappa shape index (κ1) is 15.5. The highest BCUT2D eigenvalue weighted by Crippen LogP contribution is 2.28. The number of para-hydroxylation sites is 1. The second-order valence-electron chi connectivity index (χ2n) is 4.78. The molecule has 1 aromatic carbocycles. The average Bonchev–Trinajstić information content (AvgIpc) is 2.83. The van der Waals surface area contributed by atoms with Gasteiger partial charge in [-0.15, -0.1) is 0 Å². The summed E-state index contributed by atoms with van der Waals surface area (Å²) in [5.74, 6) is 0. The van der Waals surface area contributed by atoms with Crippen molar-refractivity contribution in [1.82, 2.24) is 10.2 Å². The SMILES string of the molecule is CCN(c1ccccc1C)S(=O)(=O)c1c(CN)n[nH]c1C. The molecule has 0 radical (unpaired) electrons. The lowest BCUT2D eigenvalue weighted by Crippen LogP contribution is -2.32. The smallest absolute Gasteiger partial charge is 0.268 e. The Morgan fingerprint density at radius 1 is 1.29 bits per heavy atom. The van der Waals surface area contributed by atoms with E-state index in [2.05, 4.69) is 10.2 Å². The molecule has 0 aliphatic rings. The quantitative estimate of drug-likeness (QED) is 0.879. The summed E-state index contributed by atoms with van der Waals surface area (Å²) in [6.45, 7) is 5.79. The van der Waals surface area contributed by atoms with E-state index in [0.717, 1.165) is 5.56 Å². The van der Waals surface area contributed by atoms with Gasteiger partial charge in [0.1, 0.15) is 4.90 Å². The van der Waals surface area contributed by atoms with E-state index < -0.39 is 10.0 Å². The molecule has 6 nitrogen and oxygen atoms in total. The molecule has 3 N–H and O–H groups in total. The Morgan fingerprint density at radius 3 is 2.52 bits per heavy atom. The van der Waals surface area contributed by atoms with Gasteiger partial charge in [0, 0.05) is 13.1 Å². The summed E-state index contributed by atoms with van der Waals surface area (Å²) < 4.78 is 27.4. The molecule has 0 spiro atoms. The maximum Gasteiger partial charge on any atom is 0.268 e. The lowest BCUT2D eigenvalue weighted by Gasteiger charge is -2.24. The molecule has 0 saturated carbocycles. The molecular formula is C14H20N4O2S. The zero-order valence-corrected chi connectivity index (χ0v) is 13.2. The lowest BCUT2D eigenvalue weighted by atomic mass is 10.2. The van der Waals surface area contributed by atoms with Gasteiger partial charge >= 0.3 is 0 Å². The Hall–Kier alpha value is -1.86. The molecule has 0 atom stereocenters. The van der Waals surface area contributed by atoms with E-state index in [1.165, 1.54) is 4.31 Å². The maximum atomic E-state index is 13.0. The van der Waals surface area contributed by atoms with Crippen LogP contribution in [-0.4, -0.2) is 25.2 Å². The fourth-order valence-corrected chi connectivity index (χ4v) is 4.26. The van der Waals surface area contributed by atoms with E-state index in [0.29, 0.717) is 23.6 Å². The van der Waals surface area contributed by atoms with E-state index in [-0.39, 0.29) is 11.4 Å². The summed E-state index contributed by atoms with van der Waals surface area (Å²) in [6, 6.07) is 7.40. The van der Waals surface area contributed by atoms with Gasteiger partial charge in [-0.2, -0.15) is 5.10 Å². The first-order chi connectivity index (χ1) is 9.93. The van der Waals surface area contributed by atoms with Gasteiger partial charge in [0.2, 0.25) is 0 Å². The largest absolute Gasteiger partial charge is 0.325 e. The van der Waals surface area contributed by atoms with Gasteiger partial charge in [-0.05, 0) is 32.4 Å². The molecule has 0 amide bonds. The number of hydrogen-bond acceptors (Lipinski definition) is 4. The molecule has 0 bridgehead atoms. The zero-order chi connectivity index (χ0) is 15.6. The number of aryl methyl sites for hydroxylation is 2. The number of nitrogens with zero attached hydrogens (tertiary/aromatic N) is 2. The number of H-pyrrole nitrogens is 1. The van der Waals surface area contributed by atoms with Crippen molar-refractivity contribution in [2.75, 3.05) is 10.8 Å². The van der Waals surface area contributed by atoms with Crippen LogP contribution in [0, 0.1) is 13.8 Å². The third-order valence-corrected chi connectivity index (χ3v) is 5.47. The predicted molar refractivity (Wildman–Crippen MR) is 82.6 cm³/mol. The molecule has 1 aromatic heterocycles. The third kappa shape index (κ3) is 2.66. The minimum Gasteiger partial charge on any atom is -0.325 e. The topological polar surface area (TPSA) is 92.1 Å². The van der Waals surface area contributed by atoms with Crippen LogP contribution in [0.25, 0.3) is 0 Å². The normalized spacial score (nSPS) is 11.6. The second kappa shape index (κ2) is 5.87. The number of anilines is 1. The Bertz CT molecular complexity index is 737. The molecule has 0 fully saturated rings. The number of rotatable bonds is 5. The Labute approximate surface area is 125 Å². The van der Waals surface area contributed by atoms with Crippen LogP contribution in [0.15, 0.2) is 29.2 Å². The van der Waals surface area contributed by atoms with Crippen LogP contribution >= 0.6 is 0 Å². The number of sulfonamides is 1. The van der Waals surface area contributed by atoms with Crippen LogP contribution in [0.3, 0.4) is 0 Å². The maximum absolute atomic E-state index is 13.0. The number of aromatic amines is 1. The van der Waals surface area contributed by atoms with Crippen LogP contribution in [0.1, 0.15) is 23.9 Å².